The SMILES string of the molecule is CC(C)(C)C(N)=CC#N. The maximum absolute atomic E-state index is 8.19. The van der Waals surface area contributed by atoms with E-state index in [0.717, 1.165) is 0 Å². The number of nitrogens with zero attached hydrogens (tertiary/aromatic N) is 1. The quantitative estimate of drug-likeness (QED) is 0.496. The van der Waals surface area contributed by atoms with E-state index in [4.69, 9.17) is 11.0 Å². The van der Waals surface area contributed by atoms with E-state index in [9.17, 15) is 0 Å². The molecule has 0 fully saturated rings. The van der Waals surface area contributed by atoms with Gasteiger partial charge in [0, 0.05) is 17.2 Å². The third kappa shape index (κ3) is 2.76. The molecule has 0 aliphatic carbocycles. The minimum Gasteiger partial charge on any atom is -0.401 e. The van der Waals surface area contributed by atoms with Crippen LogP contribution in [0.1, 0.15) is 20.8 Å². The highest BCUT2D eigenvalue weighted by Gasteiger charge is 2.12. The summed E-state index contributed by atoms with van der Waals surface area (Å²) in [4.78, 5) is 0. The van der Waals surface area contributed by atoms with Gasteiger partial charge in [0.25, 0.3) is 0 Å². The molecule has 2 N–H and O–H groups in total. The Balaban J connectivity index is 4.25. The molecule has 0 bridgehead atoms. The molecule has 0 aromatic rings. The molecular formula is C7H12N2. The van der Waals surface area contributed by atoms with Crippen molar-refractivity contribution >= 4 is 0 Å². The Hall–Kier alpha value is -0.970. The molecule has 0 saturated heterocycles. The van der Waals surface area contributed by atoms with E-state index in [2.05, 4.69) is 0 Å². The molecule has 0 radical (unpaired) electrons. The Morgan fingerprint density at radius 2 is 2.00 bits per heavy atom. The molecule has 2 heteroatoms. The summed E-state index contributed by atoms with van der Waals surface area (Å²) in [5, 5.41) is 8.19. The summed E-state index contributed by atoms with van der Waals surface area (Å²) in [6.07, 6.45) is 1.38. The predicted octanol–water partition coefficient (Wildman–Crippen LogP) is 1.40. The van der Waals surface area contributed by atoms with Gasteiger partial charge in [0.05, 0.1) is 6.07 Å². The summed E-state index contributed by atoms with van der Waals surface area (Å²) in [5.41, 5.74) is 6.06. The van der Waals surface area contributed by atoms with Gasteiger partial charge < -0.3 is 5.73 Å². The number of rotatable bonds is 0. The number of hydrogen-bond acceptors (Lipinski definition) is 2. The van der Waals surface area contributed by atoms with Crippen molar-refractivity contribution in [2.75, 3.05) is 0 Å². The van der Waals surface area contributed by atoms with Crippen LogP contribution < -0.4 is 5.73 Å². The van der Waals surface area contributed by atoms with Crippen molar-refractivity contribution in [1.82, 2.24) is 0 Å². The fourth-order valence-electron chi connectivity index (χ4n) is 0.286. The zero-order valence-electron chi connectivity index (χ0n) is 6.10. The van der Waals surface area contributed by atoms with Crippen LogP contribution in [-0.2, 0) is 0 Å². The van der Waals surface area contributed by atoms with E-state index >= 15 is 0 Å². The molecule has 50 valence electrons. The molecule has 0 aliphatic rings. The van der Waals surface area contributed by atoms with Gasteiger partial charge in [-0.25, -0.2) is 0 Å². The summed E-state index contributed by atoms with van der Waals surface area (Å²) in [6.45, 7) is 5.91. The highest BCUT2D eigenvalue weighted by Crippen LogP contribution is 2.19. The molecule has 2 nitrogen and oxygen atoms in total. The Morgan fingerprint density at radius 1 is 1.56 bits per heavy atom. The molecule has 0 amide bonds. The van der Waals surface area contributed by atoms with Gasteiger partial charge >= 0.3 is 0 Å². The molecule has 0 heterocycles. The summed E-state index contributed by atoms with van der Waals surface area (Å²) < 4.78 is 0. The standard InChI is InChI=1S/C7H12N2/c1-7(2,3)6(9)4-5-8/h4H,9H2,1-3H3. The first kappa shape index (κ1) is 8.03. The van der Waals surface area contributed by atoms with Gasteiger partial charge in [-0.15, -0.1) is 0 Å². The normalized spacial score (nSPS) is 12.9. The summed E-state index contributed by atoms with van der Waals surface area (Å²) in [7, 11) is 0. The van der Waals surface area contributed by atoms with Gasteiger partial charge in [-0.1, -0.05) is 20.8 Å². The van der Waals surface area contributed by atoms with Crippen molar-refractivity contribution in [2.24, 2.45) is 11.1 Å². The van der Waals surface area contributed by atoms with Crippen LogP contribution in [0.4, 0.5) is 0 Å². The van der Waals surface area contributed by atoms with Crippen molar-refractivity contribution < 1.29 is 0 Å². The van der Waals surface area contributed by atoms with Crippen LogP contribution in [0.5, 0.6) is 0 Å². The molecule has 0 saturated carbocycles. The second-order valence-corrected chi connectivity index (χ2v) is 2.98. The molecule has 0 aromatic heterocycles. The minimum absolute atomic E-state index is 0.0737. The van der Waals surface area contributed by atoms with Crippen LogP contribution >= 0.6 is 0 Å². The molecule has 0 aromatic carbocycles. The van der Waals surface area contributed by atoms with E-state index in [1.165, 1.54) is 6.08 Å². The van der Waals surface area contributed by atoms with Crippen molar-refractivity contribution in [3.8, 4) is 6.07 Å². The Bertz CT molecular complexity index is 155. The van der Waals surface area contributed by atoms with Crippen LogP contribution in [0.2, 0.25) is 0 Å². The van der Waals surface area contributed by atoms with Crippen LogP contribution in [0.15, 0.2) is 11.8 Å². The molecule has 9 heavy (non-hydrogen) atoms. The summed E-state index contributed by atoms with van der Waals surface area (Å²) in [5.74, 6) is 0. The van der Waals surface area contributed by atoms with Gasteiger partial charge in [0.2, 0.25) is 0 Å². The third-order valence-corrected chi connectivity index (χ3v) is 1.09. The lowest BCUT2D eigenvalue weighted by Crippen LogP contribution is -2.16. The minimum atomic E-state index is -0.0737. The zero-order valence-corrected chi connectivity index (χ0v) is 6.10. The van der Waals surface area contributed by atoms with E-state index in [1.54, 1.807) is 0 Å². The molecule has 0 rings (SSSR count). The highest BCUT2D eigenvalue weighted by molar-refractivity contribution is 5.15. The first-order chi connectivity index (χ1) is 3.98. The van der Waals surface area contributed by atoms with Crippen LogP contribution in [0, 0.1) is 16.7 Å². The van der Waals surface area contributed by atoms with Crippen molar-refractivity contribution in [1.29, 1.82) is 5.26 Å². The van der Waals surface area contributed by atoms with Crippen molar-refractivity contribution in [3.63, 3.8) is 0 Å². The Labute approximate surface area is 56.0 Å². The number of hydrogen-bond donors (Lipinski definition) is 1. The third-order valence-electron chi connectivity index (χ3n) is 1.09. The first-order valence-corrected chi connectivity index (χ1v) is 2.84. The van der Waals surface area contributed by atoms with E-state index in [-0.39, 0.29) is 5.41 Å². The van der Waals surface area contributed by atoms with Gasteiger partial charge in [-0.3, -0.25) is 0 Å². The molecule has 0 spiro atoms. The average molecular weight is 124 g/mol. The smallest absolute Gasteiger partial charge is 0.0930 e. The summed E-state index contributed by atoms with van der Waals surface area (Å²) >= 11 is 0. The zero-order chi connectivity index (χ0) is 7.49. The lowest BCUT2D eigenvalue weighted by Gasteiger charge is -2.17. The second kappa shape index (κ2) is 2.54. The fraction of sp³-hybridized carbons (Fsp3) is 0.571. The van der Waals surface area contributed by atoms with Gasteiger partial charge in [-0.2, -0.15) is 5.26 Å². The topological polar surface area (TPSA) is 49.8 Å². The summed E-state index contributed by atoms with van der Waals surface area (Å²) in [6, 6.07) is 1.89. The maximum atomic E-state index is 8.19. The lowest BCUT2D eigenvalue weighted by molar-refractivity contribution is 0.498. The monoisotopic (exact) mass is 124 g/mol. The van der Waals surface area contributed by atoms with Gasteiger partial charge in [0.15, 0.2) is 0 Å². The average Bonchev–Trinajstić information content (AvgIpc) is 1.64. The van der Waals surface area contributed by atoms with Crippen molar-refractivity contribution in [3.05, 3.63) is 11.8 Å². The fourth-order valence-corrected chi connectivity index (χ4v) is 0.286. The number of allylic oxidation sites excluding steroid dienone is 2. The Morgan fingerprint density at radius 3 is 2.11 bits per heavy atom. The molecule has 0 aliphatic heterocycles. The van der Waals surface area contributed by atoms with E-state index in [0.29, 0.717) is 5.70 Å². The van der Waals surface area contributed by atoms with Crippen LogP contribution in [0.25, 0.3) is 0 Å². The van der Waals surface area contributed by atoms with Gasteiger partial charge in [-0.05, 0) is 0 Å². The van der Waals surface area contributed by atoms with Crippen molar-refractivity contribution in [2.45, 2.75) is 20.8 Å². The van der Waals surface area contributed by atoms with Gasteiger partial charge in [0.1, 0.15) is 0 Å². The predicted molar refractivity (Wildman–Crippen MR) is 37.3 cm³/mol. The molecule has 0 atom stereocenters. The van der Waals surface area contributed by atoms with E-state index < -0.39 is 0 Å². The highest BCUT2D eigenvalue weighted by atomic mass is 14.6. The van der Waals surface area contributed by atoms with E-state index in [1.807, 2.05) is 26.8 Å². The number of nitriles is 1. The number of nitrogens with two attached hydrogens (primary N) is 1. The largest absolute Gasteiger partial charge is 0.401 e. The Kier molecular flexibility index (Phi) is 2.27. The molecule has 0 unspecified atom stereocenters. The molecular weight excluding hydrogens is 112 g/mol. The second-order valence-electron chi connectivity index (χ2n) is 2.98. The van der Waals surface area contributed by atoms with Crippen LogP contribution in [0.3, 0.4) is 0 Å². The maximum Gasteiger partial charge on any atom is 0.0930 e. The van der Waals surface area contributed by atoms with Crippen LogP contribution in [-0.4, -0.2) is 0 Å². The first-order valence-electron chi connectivity index (χ1n) is 2.84. The lowest BCUT2D eigenvalue weighted by atomic mass is 9.92.